The summed E-state index contributed by atoms with van der Waals surface area (Å²) < 4.78 is 65.5. The van der Waals surface area contributed by atoms with E-state index in [9.17, 15) is 26.4 Å². The number of hydrogen-bond donors (Lipinski definition) is 0. The maximum absolute atomic E-state index is 14.3. The minimum atomic E-state index is -4.75. The first-order chi connectivity index (χ1) is 18.1. The zero-order valence-corrected chi connectivity index (χ0v) is 24.4. The summed E-state index contributed by atoms with van der Waals surface area (Å²) in [6.07, 6.45) is -1.36. The summed E-state index contributed by atoms with van der Waals surface area (Å²) in [7, 11) is -4.23. The van der Waals surface area contributed by atoms with E-state index in [0.29, 0.717) is 27.2 Å². The molecule has 2 aromatic rings. The van der Waals surface area contributed by atoms with Crippen molar-refractivity contribution in [2.45, 2.75) is 57.3 Å². The van der Waals surface area contributed by atoms with Gasteiger partial charge in [0.1, 0.15) is 6.54 Å². The zero-order valence-electron chi connectivity index (χ0n) is 22.1. The number of allylic oxidation sites excluding steroid dienone is 1. The smallest absolute Gasteiger partial charge is 0.330 e. The standard InChI is InChI=1S/C28H33Cl2F3N2O3S/c1-5-14-27(3)16-24(20-8-7-9-22(30)15-20)25(19-10-12-21(29)13-11-19)35(26(27)36)23(6-2)17-34(39(4,37)38)18-28(31,32)33/h5,7-13,15,23-25H,1,6,14,16-18H2,2-4H3/t23-,24-,25-,27+/m1/s1. The number of hydrogen-bond acceptors (Lipinski definition) is 3. The molecule has 1 heterocycles. The number of carbonyl (C=O) groups excluding carboxylic acids is 1. The molecule has 214 valence electrons. The number of nitrogens with zero attached hydrogens (tertiary/aromatic N) is 2. The third-order valence-corrected chi connectivity index (χ3v) is 8.99. The fourth-order valence-electron chi connectivity index (χ4n) is 5.45. The van der Waals surface area contributed by atoms with Crippen LogP contribution >= 0.6 is 23.2 Å². The quantitative estimate of drug-likeness (QED) is 0.269. The summed E-state index contributed by atoms with van der Waals surface area (Å²) in [6, 6.07) is 12.8. The normalized spacial score (nSPS) is 23.2. The summed E-state index contributed by atoms with van der Waals surface area (Å²) >= 11 is 12.5. The average Bonchev–Trinajstić information content (AvgIpc) is 2.83. The van der Waals surface area contributed by atoms with Crippen molar-refractivity contribution in [3.63, 3.8) is 0 Å². The van der Waals surface area contributed by atoms with Gasteiger partial charge in [0.05, 0.1) is 17.7 Å². The molecule has 0 radical (unpaired) electrons. The van der Waals surface area contributed by atoms with Crippen LogP contribution in [-0.4, -0.2) is 55.1 Å². The van der Waals surface area contributed by atoms with Crippen LogP contribution < -0.4 is 0 Å². The third kappa shape index (κ3) is 7.57. The second kappa shape index (κ2) is 12.2. The van der Waals surface area contributed by atoms with Crippen molar-refractivity contribution in [3.8, 4) is 0 Å². The van der Waals surface area contributed by atoms with Crippen molar-refractivity contribution in [1.29, 1.82) is 0 Å². The SMILES string of the molecule is C=CC[C@@]1(C)C[C@H](c2cccc(Cl)c2)[C@@H](c2ccc(Cl)cc2)N([C@H](CC)CN(CC(F)(F)F)S(C)(=O)=O)C1=O. The van der Waals surface area contributed by atoms with Crippen molar-refractivity contribution in [2.75, 3.05) is 19.3 Å². The highest BCUT2D eigenvalue weighted by Gasteiger charge is 2.51. The van der Waals surface area contributed by atoms with E-state index in [4.69, 9.17) is 23.2 Å². The monoisotopic (exact) mass is 604 g/mol. The van der Waals surface area contributed by atoms with Crippen molar-refractivity contribution in [3.05, 3.63) is 82.4 Å². The molecule has 1 fully saturated rings. The topological polar surface area (TPSA) is 57.7 Å². The van der Waals surface area contributed by atoms with Gasteiger partial charge in [-0.05, 0) is 54.7 Å². The predicted molar refractivity (Wildman–Crippen MR) is 149 cm³/mol. The van der Waals surface area contributed by atoms with Gasteiger partial charge in [0, 0.05) is 28.5 Å². The molecule has 0 spiro atoms. The highest BCUT2D eigenvalue weighted by Crippen LogP contribution is 2.52. The van der Waals surface area contributed by atoms with E-state index in [1.165, 1.54) is 0 Å². The Bertz CT molecular complexity index is 1290. The summed E-state index contributed by atoms with van der Waals surface area (Å²) in [5.41, 5.74) is 0.671. The predicted octanol–water partition coefficient (Wildman–Crippen LogP) is 7.24. The van der Waals surface area contributed by atoms with E-state index < -0.39 is 46.8 Å². The zero-order chi connectivity index (χ0) is 29.2. The van der Waals surface area contributed by atoms with E-state index in [1.807, 2.05) is 25.1 Å². The Hall–Kier alpha value is -2.07. The van der Waals surface area contributed by atoms with Crippen LogP contribution in [0.25, 0.3) is 0 Å². The van der Waals surface area contributed by atoms with Gasteiger partial charge < -0.3 is 4.90 Å². The van der Waals surface area contributed by atoms with Crippen LogP contribution in [-0.2, 0) is 14.8 Å². The van der Waals surface area contributed by atoms with Crippen LogP contribution in [0.3, 0.4) is 0 Å². The van der Waals surface area contributed by atoms with Crippen LogP contribution in [0.15, 0.2) is 61.2 Å². The molecule has 1 aliphatic heterocycles. The maximum Gasteiger partial charge on any atom is 0.402 e. The van der Waals surface area contributed by atoms with Gasteiger partial charge in [0.2, 0.25) is 15.9 Å². The Labute approximate surface area is 238 Å². The van der Waals surface area contributed by atoms with Gasteiger partial charge in [-0.25, -0.2) is 8.42 Å². The first kappa shape index (κ1) is 31.5. The number of carbonyl (C=O) groups is 1. The van der Waals surface area contributed by atoms with Gasteiger partial charge in [-0.15, -0.1) is 6.58 Å². The lowest BCUT2D eigenvalue weighted by Gasteiger charge is -2.52. The molecule has 0 bridgehead atoms. The van der Waals surface area contributed by atoms with Crippen LogP contribution in [0, 0.1) is 5.41 Å². The van der Waals surface area contributed by atoms with E-state index in [-0.39, 0.29) is 18.2 Å². The lowest BCUT2D eigenvalue weighted by atomic mass is 9.67. The van der Waals surface area contributed by atoms with Gasteiger partial charge >= 0.3 is 6.18 Å². The fraction of sp³-hybridized carbons (Fsp3) is 0.464. The van der Waals surface area contributed by atoms with Crippen molar-refractivity contribution < 1.29 is 26.4 Å². The summed E-state index contributed by atoms with van der Waals surface area (Å²) in [4.78, 5) is 15.9. The van der Waals surface area contributed by atoms with Crippen molar-refractivity contribution in [1.82, 2.24) is 9.21 Å². The first-order valence-electron chi connectivity index (χ1n) is 12.6. The third-order valence-electron chi connectivity index (χ3n) is 7.29. The number of likely N-dealkylation sites (tertiary alicyclic amines) is 1. The molecule has 1 saturated heterocycles. The Morgan fingerprint density at radius 2 is 1.79 bits per heavy atom. The minimum Gasteiger partial charge on any atom is -0.330 e. The molecule has 1 aliphatic rings. The number of piperidine rings is 1. The molecule has 0 unspecified atom stereocenters. The Morgan fingerprint density at radius 1 is 1.15 bits per heavy atom. The lowest BCUT2D eigenvalue weighted by Crippen LogP contribution is -2.58. The second-order valence-electron chi connectivity index (χ2n) is 10.4. The number of halogens is 5. The van der Waals surface area contributed by atoms with Crippen LogP contribution in [0.1, 0.15) is 56.2 Å². The van der Waals surface area contributed by atoms with E-state index in [2.05, 4.69) is 6.58 Å². The summed E-state index contributed by atoms with van der Waals surface area (Å²) in [5, 5.41) is 1.00. The highest BCUT2D eigenvalue weighted by molar-refractivity contribution is 7.88. The Morgan fingerprint density at radius 3 is 2.31 bits per heavy atom. The van der Waals surface area contributed by atoms with Crippen LogP contribution in [0.2, 0.25) is 10.0 Å². The first-order valence-corrected chi connectivity index (χ1v) is 15.2. The molecule has 0 N–H and O–H groups in total. The molecule has 0 aliphatic carbocycles. The van der Waals surface area contributed by atoms with E-state index in [1.54, 1.807) is 48.2 Å². The fourth-order valence-corrected chi connectivity index (χ4v) is 6.60. The van der Waals surface area contributed by atoms with Crippen molar-refractivity contribution in [2.24, 2.45) is 5.41 Å². The average molecular weight is 606 g/mol. The molecule has 39 heavy (non-hydrogen) atoms. The number of alkyl halides is 3. The molecular formula is C28H33Cl2F3N2O3S. The van der Waals surface area contributed by atoms with Crippen molar-refractivity contribution >= 4 is 39.1 Å². The van der Waals surface area contributed by atoms with Crippen LogP contribution in [0.4, 0.5) is 13.2 Å². The highest BCUT2D eigenvalue weighted by atomic mass is 35.5. The summed E-state index contributed by atoms with van der Waals surface area (Å²) in [6.45, 7) is 5.23. The molecule has 2 aromatic carbocycles. The number of benzene rings is 2. The van der Waals surface area contributed by atoms with E-state index >= 15 is 0 Å². The molecule has 4 atom stereocenters. The Kier molecular flexibility index (Phi) is 9.85. The number of amides is 1. The second-order valence-corrected chi connectivity index (χ2v) is 13.2. The van der Waals surface area contributed by atoms with E-state index in [0.717, 1.165) is 17.4 Å². The molecule has 3 rings (SSSR count). The largest absolute Gasteiger partial charge is 0.402 e. The van der Waals surface area contributed by atoms with Gasteiger partial charge in [0.15, 0.2) is 0 Å². The van der Waals surface area contributed by atoms with Gasteiger partial charge in [-0.2, -0.15) is 17.5 Å². The maximum atomic E-state index is 14.3. The number of rotatable bonds is 10. The van der Waals surface area contributed by atoms with Gasteiger partial charge in [-0.1, -0.05) is 67.4 Å². The van der Waals surface area contributed by atoms with Gasteiger partial charge in [-0.3, -0.25) is 4.79 Å². The molecule has 5 nitrogen and oxygen atoms in total. The van der Waals surface area contributed by atoms with Crippen LogP contribution in [0.5, 0.6) is 0 Å². The van der Waals surface area contributed by atoms with Gasteiger partial charge in [0.25, 0.3) is 0 Å². The molecule has 0 saturated carbocycles. The lowest BCUT2D eigenvalue weighted by molar-refractivity contribution is -0.156. The molecule has 11 heteroatoms. The molecule has 1 amide bonds. The molecule has 0 aromatic heterocycles. The number of sulfonamides is 1. The Balaban J connectivity index is 2.23. The molecular weight excluding hydrogens is 572 g/mol. The summed E-state index contributed by atoms with van der Waals surface area (Å²) in [5.74, 6) is -0.566. The minimum absolute atomic E-state index is 0.228.